The number of nitrogens with zero attached hydrogens (tertiary/aromatic N) is 1. The third-order valence-corrected chi connectivity index (χ3v) is 3.16. The second-order valence-corrected chi connectivity index (χ2v) is 4.61. The van der Waals surface area contributed by atoms with Crippen LogP contribution in [0.2, 0.25) is 0 Å². The first-order valence-electron chi connectivity index (χ1n) is 6.97. The summed E-state index contributed by atoms with van der Waals surface area (Å²) in [5.41, 5.74) is 0.907. The van der Waals surface area contributed by atoms with Crippen LogP contribution in [0.1, 0.15) is 27.1 Å². The molecule has 1 aliphatic rings. The molecule has 6 nitrogen and oxygen atoms in total. The lowest BCUT2D eigenvalue weighted by Gasteiger charge is -2.13. The maximum Gasteiger partial charge on any atom is 0.261 e. The van der Waals surface area contributed by atoms with Gasteiger partial charge in [0.2, 0.25) is 0 Å². The summed E-state index contributed by atoms with van der Waals surface area (Å²) < 4.78 is 10.5. The van der Waals surface area contributed by atoms with Gasteiger partial charge in [-0.3, -0.25) is 14.5 Å². The van der Waals surface area contributed by atoms with E-state index in [2.05, 4.69) is 0 Å². The Morgan fingerprint density at radius 1 is 0.905 bits per heavy atom. The van der Waals surface area contributed by atoms with Gasteiger partial charge in [-0.25, -0.2) is 0 Å². The van der Waals surface area contributed by atoms with Crippen LogP contribution in [0.15, 0.2) is 24.3 Å². The molecule has 2 amide bonds. The molecule has 0 fully saturated rings. The average molecular weight is 293 g/mol. The van der Waals surface area contributed by atoms with E-state index >= 15 is 0 Å². The van der Waals surface area contributed by atoms with Crippen LogP contribution in [0.3, 0.4) is 0 Å². The van der Waals surface area contributed by atoms with Crippen molar-refractivity contribution in [2.75, 3.05) is 39.6 Å². The molecule has 1 N–H and O–H groups in total. The van der Waals surface area contributed by atoms with Crippen LogP contribution in [-0.2, 0) is 9.47 Å². The third kappa shape index (κ3) is 3.87. The molecule has 21 heavy (non-hydrogen) atoms. The highest BCUT2D eigenvalue weighted by Gasteiger charge is 2.34. The summed E-state index contributed by atoms with van der Waals surface area (Å²) in [4.78, 5) is 25.3. The number of benzene rings is 1. The largest absolute Gasteiger partial charge is 0.396 e. The molecule has 0 saturated heterocycles. The number of hydrogen-bond acceptors (Lipinski definition) is 5. The Bertz CT molecular complexity index is 468. The molecule has 0 radical (unpaired) electrons. The minimum absolute atomic E-state index is 0.112. The highest BCUT2D eigenvalue weighted by Crippen LogP contribution is 2.21. The summed E-state index contributed by atoms with van der Waals surface area (Å²) in [6.07, 6.45) is 0.606. The molecule has 0 unspecified atom stereocenters. The molecule has 0 aliphatic carbocycles. The zero-order valence-corrected chi connectivity index (χ0v) is 11.8. The van der Waals surface area contributed by atoms with Crippen molar-refractivity contribution in [3.8, 4) is 0 Å². The van der Waals surface area contributed by atoms with Gasteiger partial charge < -0.3 is 14.6 Å². The van der Waals surface area contributed by atoms with E-state index in [0.717, 1.165) is 0 Å². The van der Waals surface area contributed by atoms with Gasteiger partial charge in [0.1, 0.15) is 0 Å². The minimum atomic E-state index is -0.265. The van der Waals surface area contributed by atoms with Crippen molar-refractivity contribution < 1.29 is 24.2 Å². The Hall–Kier alpha value is -1.76. The van der Waals surface area contributed by atoms with E-state index in [-0.39, 0.29) is 31.6 Å². The monoisotopic (exact) mass is 293 g/mol. The van der Waals surface area contributed by atoms with E-state index in [9.17, 15) is 9.59 Å². The Labute approximate surface area is 123 Å². The fourth-order valence-corrected chi connectivity index (χ4v) is 2.09. The zero-order chi connectivity index (χ0) is 15.1. The van der Waals surface area contributed by atoms with Crippen molar-refractivity contribution in [3.05, 3.63) is 35.4 Å². The first-order valence-corrected chi connectivity index (χ1v) is 6.97. The van der Waals surface area contributed by atoms with Crippen molar-refractivity contribution in [3.63, 3.8) is 0 Å². The quantitative estimate of drug-likeness (QED) is 0.536. The van der Waals surface area contributed by atoms with Gasteiger partial charge in [0, 0.05) is 13.2 Å². The SMILES string of the molecule is O=C1c2ccccc2C(=O)N1CCOCCOCCCO. The van der Waals surface area contributed by atoms with E-state index in [1.807, 2.05) is 0 Å². The maximum absolute atomic E-state index is 12.0. The van der Waals surface area contributed by atoms with Crippen LogP contribution in [-0.4, -0.2) is 61.4 Å². The second-order valence-electron chi connectivity index (χ2n) is 4.61. The zero-order valence-electron chi connectivity index (χ0n) is 11.8. The molecule has 0 atom stereocenters. The molecular weight excluding hydrogens is 274 g/mol. The molecule has 1 heterocycles. The van der Waals surface area contributed by atoms with E-state index < -0.39 is 0 Å². The summed E-state index contributed by atoms with van der Waals surface area (Å²) >= 11 is 0. The van der Waals surface area contributed by atoms with Crippen molar-refractivity contribution in [2.24, 2.45) is 0 Å². The Kier molecular flexibility index (Phi) is 5.86. The van der Waals surface area contributed by atoms with Gasteiger partial charge in [-0.15, -0.1) is 0 Å². The number of carbonyl (C=O) groups excluding carboxylic acids is 2. The summed E-state index contributed by atoms with van der Waals surface area (Å²) in [5, 5.41) is 8.57. The second kappa shape index (κ2) is 7.87. The first-order chi connectivity index (χ1) is 10.3. The fraction of sp³-hybridized carbons (Fsp3) is 0.467. The molecule has 0 spiro atoms. The number of rotatable bonds is 9. The van der Waals surface area contributed by atoms with Crippen LogP contribution in [0, 0.1) is 0 Å². The molecule has 2 rings (SSSR count). The number of amides is 2. The third-order valence-electron chi connectivity index (χ3n) is 3.16. The summed E-state index contributed by atoms with van der Waals surface area (Å²) in [6.45, 7) is 1.97. The summed E-state index contributed by atoms with van der Waals surface area (Å²) in [6, 6.07) is 6.80. The first kappa shape index (κ1) is 15.6. The van der Waals surface area contributed by atoms with Crippen molar-refractivity contribution in [2.45, 2.75) is 6.42 Å². The minimum Gasteiger partial charge on any atom is -0.396 e. The number of aliphatic hydroxyl groups is 1. The van der Waals surface area contributed by atoms with Gasteiger partial charge in [0.05, 0.1) is 37.5 Å². The van der Waals surface area contributed by atoms with Gasteiger partial charge in [0.25, 0.3) is 11.8 Å². The van der Waals surface area contributed by atoms with Gasteiger partial charge in [-0.2, -0.15) is 0 Å². The Balaban J connectivity index is 1.69. The average Bonchev–Trinajstić information content (AvgIpc) is 2.75. The molecule has 1 aromatic carbocycles. The van der Waals surface area contributed by atoms with Crippen LogP contribution >= 0.6 is 0 Å². The number of imide groups is 1. The number of fused-ring (bicyclic) bond motifs is 1. The molecule has 0 aromatic heterocycles. The standard InChI is InChI=1S/C15H19NO5/c17-7-3-8-20-10-11-21-9-6-16-14(18)12-4-1-2-5-13(12)15(16)19/h1-2,4-5,17H,3,6-11H2. The van der Waals surface area contributed by atoms with Crippen molar-refractivity contribution in [1.82, 2.24) is 4.90 Å². The number of aliphatic hydroxyl groups excluding tert-OH is 1. The van der Waals surface area contributed by atoms with Gasteiger partial charge in [-0.1, -0.05) is 12.1 Å². The summed E-state index contributed by atoms with van der Waals surface area (Å²) in [7, 11) is 0. The number of ether oxygens (including phenoxy) is 2. The number of carbonyl (C=O) groups is 2. The van der Waals surface area contributed by atoms with E-state index in [4.69, 9.17) is 14.6 Å². The highest BCUT2D eigenvalue weighted by molar-refractivity contribution is 6.21. The molecule has 114 valence electrons. The Morgan fingerprint density at radius 2 is 1.48 bits per heavy atom. The van der Waals surface area contributed by atoms with E-state index in [0.29, 0.717) is 37.4 Å². The van der Waals surface area contributed by atoms with Gasteiger partial charge in [-0.05, 0) is 18.6 Å². The molecule has 1 aliphatic heterocycles. The summed E-state index contributed by atoms with van der Waals surface area (Å²) in [5.74, 6) is -0.531. The molecule has 1 aromatic rings. The molecule has 0 saturated carbocycles. The lowest BCUT2D eigenvalue weighted by Crippen LogP contribution is -2.33. The Morgan fingerprint density at radius 3 is 2.05 bits per heavy atom. The maximum atomic E-state index is 12.0. The predicted octanol–water partition coefficient (Wildman–Crippen LogP) is 0.698. The molecule has 0 bridgehead atoms. The van der Waals surface area contributed by atoms with Crippen LogP contribution in [0.25, 0.3) is 0 Å². The van der Waals surface area contributed by atoms with E-state index in [1.165, 1.54) is 4.90 Å². The normalized spacial score (nSPS) is 13.9. The molecule has 6 heteroatoms. The predicted molar refractivity (Wildman–Crippen MR) is 75.1 cm³/mol. The van der Waals surface area contributed by atoms with Crippen molar-refractivity contribution in [1.29, 1.82) is 0 Å². The lowest BCUT2D eigenvalue weighted by molar-refractivity contribution is 0.0325. The molecular formula is C15H19NO5. The van der Waals surface area contributed by atoms with Gasteiger partial charge in [0.15, 0.2) is 0 Å². The van der Waals surface area contributed by atoms with Crippen LogP contribution in [0.4, 0.5) is 0 Å². The number of hydrogen-bond donors (Lipinski definition) is 1. The topological polar surface area (TPSA) is 76.1 Å². The lowest BCUT2D eigenvalue weighted by atomic mass is 10.1. The highest BCUT2D eigenvalue weighted by atomic mass is 16.5. The smallest absolute Gasteiger partial charge is 0.261 e. The fourth-order valence-electron chi connectivity index (χ4n) is 2.09. The van der Waals surface area contributed by atoms with Crippen molar-refractivity contribution >= 4 is 11.8 Å². The van der Waals surface area contributed by atoms with E-state index in [1.54, 1.807) is 24.3 Å². The van der Waals surface area contributed by atoms with Gasteiger partial charge >= 0.3 is 0 Å². The van der Waals surface area contributed by atoms with Crippen LogP contribution in [0.5, 0.6) is 0 Å². The van der Waals surface area contributed by atoms with Crippen LogP contribution < -0.4 is 0 Å².